The van der Waals surface area contributed by atoms with Crippen LogP contribution in [0.2, 0.25) is 5.02 Å². The fourth-order valence-corrected chi connectivity index (χ4v) is 1.28. The van der Waals surface area contributed by atoms with Gasteiger partial charge in [-0.1, -0.05) is 11.6 Å². The van der Waals surface area contributed by atoms with Gasteiger partial charge in [-0.05, 0) is 6.07 Å². The maximum atomic E-state index is 12.4. The lowest BCUT2D eigenvalue weighted by Crippen LogP contribution is -2.06. The van der Waals surface area contributed by atoms with E-state index in [0.717, 1.165) is 7.11 Å². The Balaban J connectivity index is 3.46. The zero-order valence-corrected chi connectivity index (χ0v) is 8.59. The molecule has 1 rings (SSSR count). The number of hydrogen-bond acceptors (Lipinski definition) is 3. The van der Waals surface area contributed by atoms with Gasteiger partial charge in [0.05, 0.1) is 17.6 Å². The highest BCUT2D eigenvalue weighted by Gasteiger charge is 2.34. The van der Waals surface area contributed by atoms with Crippen molar-refractivity contribution in [1.82, 2.24) is 0 Å². The molecule has 0 saturated carbocycles. The van der Waals surface area contributed by atoms with Gasteiger partial charge in [0.25, 0.3) is 5.69 Å². The molecule has 0 aliphatic rings. The van der Waals surface area contributed by atoms with E-state index in [1.54, 1.807) is 0 Å². The van der Waals surface area contributed by atoms with Crippen molar-refractivity contribution in [3.8, 4) is 5.75 Å². The number of nitrogens with zero attached hydrogens (tertiary/aromatic N) is 1. The summed E-state index contributed by atoms with van der Waals surface area (Å²) < 4.78 is 41.6. The second-order valence-electron chi connectivity index (χ2n) is 2.77. The highest BCUT2D eigenvalue weighted by molar-refractivity contribution is 6.34. The molecule has 0 N–H and O–H groups in total. The lowest BCUT2D eigenvalue weighted by Gasteiger charge is -2.09. The van der Waals surface area contributed by atoms with Gasteiger partial charge in [-0.3, -0.25) is 10.1 Å². The number of hydrogen-bond donors (Lipinski definition) is 0. The van der Waals surface area contributed by atoms with Gasteiger partial charge in [-0.2, -0.15) is 13.2 Å². The Labute approximate surface area is 92.7 Å². The monoisotopic (exact) mass is 255 g/mol. The van der Waals surface area contributed by atoms with Crippen LogP contribution in [0.3, 0.4) is 0 Å². The lowest BCUT2D eigenvalue weighted by molar-refractivity contribution is -0.385. The van der Waals surface area contributed by atoms with Crippen LogP contribution in [0.4, 0.5) is 18.9 Å². The van der Waals surface area contributed by atoms with Gasteiger partial charge in [-0.15, -0.1) is 0 Å². The van der Waals surface area contributed by atoms with E-state index in [2.05, 4.69) is 4.74 Å². The highest BCUT2D eigenvalue weighted by Crippen LogP contribution is 2.40. The molecular formula is C8H5ClF3NO3. The molecule has 0 radical (unpaired) electrons. The Morgan fingerprint density at radius 2 is 2.00 bits per heavy atom. The minimum Gasteiger partial charge on any atom is -0.495 e. The number of rotatable bonds is 2. The molecule has 4 nitrogen and oxygen atoms in total. The smallest absolute Gasteiger partial charge is 0.416 e. The number of nitro benzene ring substituents is 1. The Hall–Kier alpha value is -1.50. The third kappa shape index (κ3) is 2.35. The summed E-state index contributed by atoms with van der Waals surface area (Å²) >= 11 is 5.49. The predicted molar refractivity (Wildman–Crippen MR) is 49.7 cm³/mol. The van der Waals surface area contributed by atoms with Crippen molar-refractivity contribution in [2.24, 2.45) is 0 Å². The van der Waals surface area contributed by atoms with Crippen LogP contribution >= 0.6 is 11.6 Å². The second kappa shape index (κ2) is 4.17. The van der Waals surface area contributed by atoms with Gasteiger partial charge in [-0.25, -0.2) is 0 Å². The van der Waals surface area contributed by atoms with E-state index in [0.29, 0.717) is 12.1 Å². The molecule has 0 bridgehead atoms. The Bertz CT molecular complexity index is 433. The van der Waals surface area contributed by atoms with Crippen molar-refractivity contribution < 1.29 is 22.8 Å². The molecule has 0 atom stereocenters. The third-order valence-corrected chi connectivity index (χ3v) is 2.14. The molecule has 8 heteroatoms. The normalized spacial score (nSPS) is 11.3. The molecule has 0 fully saturated rings. The predicted octanol–water partition coefficient (Wildman–Crippen LogP) is 3.28. The minimum absolute atomic E-state index is 0.366. The molecule has 0 aromatic heterocycles. The maximum absolute atomic E-state index is 12.4. The second-order valence-corrected chi connectivity index (χ2v) is 3.14. The van der Waals surface area contributed by atoms with Gasteiger partial charge in [0, 0.05) is 6.07 Å². The third-order valence-electron chi connectivity index (χ3n) is 1.76. The summed E-state index contributed by atoms with van der Waals surface area (Å²) in [6, 6.07) is 0.972. The zero-order valence-electron chi connectivity index (χ0n) is 7.84. The summed E-state index contributed by atoms with van der Waals surface area (Å²) in [5.74, 6) is -0.386. The van der Waals surface area contributed by atoms with E-state index in [9.17, 15) is 23.3 Å². The Kier molecular flexibility index (Phi) is 3.27. The van der Waals surface area contributed by atoms with E-state index in [4.69, 9.17) is 11.6 Å². The van der Waals surface area contributed by atoms with Crippen LogP contribution in [0.15, 0.2) is 12.1 Å². The first-order valence-electron chi connectivity index (χ1n) is 3.86. The van der Waals surface area contributed by atoms with Crippen molar-refractivity contribution in [3.05, 3.63) is 32.8 Å². The molecule has 0 heterocycles. The van der Waals surface area contributed by atoms with Gasteiger partial charge in [0.15, 0.2) is 5.02 Å². The summed E-state index contributed by atoms with van der Waals surface area (Å²) in [4.78, 5) is 9.47. The zero-order chi connectivity index (χ0) is 12.5. The summed E-state index contributed by atoms with van der Waals surface area (Å²) in [5.41, 5.74) is -2.02. The first-order valence-corrected chi connectivity index (χ1v) is 4.24. The van der Waals surface area contributed by atoms with Crippen LogP contribution in [-0.2, 0) is 6.18 Å². The van der Waals surface area contributed by atoms with E-state index in [1.807, 2.05) is 0 Å². The van der Waals surface area contributed by atoms with E-state index < -0.39 is 27.4 Å². The van der Waals surface area contributed by atoms with Crippen LogP contribution in [0, 0.1) is 10.1 Å². The van der Waals surface area contributed by atoms with Crippen molar-refractivity contribution in [2.45, 2.75) is 6.18 Å². The average molecular weight is 256 g/mol. The average Bonchev–Trinajstić information content (AvgIpc) is 2.15. The van der Waals surface area contributed by atoms with Crippen molar-refractivity contribution in [2.75, 3.05) is 7.11 Å². The van der Waals surface area contributed by atoms with Gasteiger partial charge >= 0.3 is 6.18 Å². The highest BCUT2D eigenvalue weighted by atomic mass is 35.5. The molecule has 1 aromatic rings. The fourth-order valence-electron chi connectivity index (χ4n) is 1.03. The van der Waals surface area contributed by atoms with Crippen LogP contribution in [0.25, 0.3) is 0 Å². The fraction of sp³-hybridized carbons (Fsp3) is 0.250. The van der Waals surface area contributed by atoms with Gasteiger partial charge in [0.2, 0.25) is 0 Å². The standard InChI is InChI=1S/C8H5ClF3NO3/c1-16-6-3-4(8(10,11)12)2-5(7(6)9)13(14)15/h2-3H,1H3. The summed E-state index contributed by atoms with van der Waals surface area (Å²) in [6.07, 6.45) is -4.69. The molecular weight excluding hydrogens is 251 g/mol. The van der Waals surface area contributed by atoms with Crippen molar-refractivity contribution in [1.29, 1.82) is 0 Å². The Morgan fingerprint density at radius 3 is 2.38 bits per heavy atom. The quantitative estimate of drug-likeness (QED) is 0.602. The summed E-state index contributed by atoms with van der Waals surface area (Å²) in [7, 11) is 1.07. The molecule has 16 heavy (non-hydrogen) atoms. The number of halogens is 4. The maximum Gasteiger partial charge on any atom is 0.416 e. The molecule has 0 aliphatic heterocycles. The topological polar surface area (TPSA) is 52.4 Å². The van der Waals surface area contributed by atoms with Gasteiger partial charge < -0.3 is 4.74 Å². The van der Waals surface area contributed by atoms with Crippen LogP contribution in [0.1, 0.15) is 5.56 Å². The Morgan fingerprint density at radius 1 is 1.44 bits per heavy atom. The molecule has 0 unspecified atom stereocenters. The first kappa shape index (κ1) is 12.6. The molecule has 0 saturated heterocycles. The number of methoxy groups -OCH3 is 1. The number of benzene rings is 1. The molecule has 88 valence electrons. The summed E-state index contributed by atoms with van der Waals surface area (Å²) in [5, 5.41) is 10.0. The molecule has 1 aromatic carbocycles. The van der Waals surface area contributed by atoms with Crippen LogP contribution < -0.4 is 4.74 Å². The van der Waals surface area contributed by atoms with Crippen LogP contribution in [-0.4, -0.2) is 12.0 Å². The SMILES string of the molecule is COc1cc(C(F)(F)F)cc([N+](=O)[O-])c1Cl. The van der Waals surface area contributed by atoms with E-state index in [1.165, 1.54) is 0 Å². The number of ether oxygens (including phenoxy) is 1. The number of alkyl halides is 3. The van der Waals surface area contributed by atoms with Gasteiger partial charge in [0.1, 0.15) is 5.75 Å². The van der Waals surface area contributed by atoms with Crippen LogP contribution in [0.5, 0.6) is 5.75 Å². The summed E-state index contributed by atoms with van der Waals surface area (Å²) in [6.45, 7) is 0. The van der Waals surface area contributed by atoms with E-state index in [-0.39, 0.29) is 5.75 Å². The largest absolute Gasteiger partial charge is 0.495 e. The van der Waals surface area contributed by atoms with E-state index >= 15 is 0 Å². The van der Waals surface area contributed by atoms with Crippen molar-refractivity contribution in [3.63, 3.8) is 0 Å². The minimum atomic E-state index is -4.69. The molecule has 0 amide bonds. The molecule has 0 aliphatic carbocycles. The van der Waals surface area contributed by atoms with Crippen molar-refractivity contribution >= 4 is 17.3 Å². The molecule has 0 spiro atoms. The number of nitro groups is 1. The lowest BCUT2D eigenvalue weighted by atomic mass is 10.2. The first-order chi connectivity index (χ1) is 7.27.